The molecule has 7 nitrogen and oxygen atoms in total. The fourth-order valence-electron chi connectivity index (χ4n) is 2.63. The molecule has 0 bridgehead atoms. The summed E-state index contributed by atoms with van der Waals surface area (Å²) >= 11 is 3.25. The van der Waals surface area contributed by atoms with Gasteiger partial charge >= 0.3 is 0 Å². The topological polar surface area (TPSA) is 67.2 Å². The molecule has 0 saturated carbocycles. The Morgan fingerprint density at radius 1 is 1.23 bits per heavy atom. The van der Waals surface area contributed by atoms with Gasteiger partial charge in [0, 0.05) is 42.6 Å². The van der Waals surface area contributed by atoms with Gasteiger partial charge in [-0.1, -0.05) is 5.10 Å². The number of carbonyl (C=O) groups is 1. The predicted molar refractivity (Wildman–Crippen MR) is 86.6 cm³/mol. The third-order valence-corrected chi connectivity index (χ3v) is 5.88. The first-order valence-electron chi connectivity index (χ1n) is 6.96. The van der Waals surface area contributed by atoms with Crippen LogP contribution in [0.5, 0.6) is 0 Å². The van der Waals surface area contributed by atoms with Crippen LogP contribution in [0.1, 0.15) is 9.67 Å². The van der Waals surface area contributed by atoms with Crippen LogP contribution in [-0.2, 0) is 7.05 Å². The number of aryl methyl sites for hydroxylation is 1. The SMILES string of the molecule is Cn1nnnc1N1CCN(C(=O)c2cc3sccc3s2)CC1. The van der Waals surface area contributed by atoms with Crippen molar-refractivity contribution in [1.29, 1.82) is 0 Å². The van der Waals surface area contributed by atoms with Gasteiger partial charge in [0.1, 0.15) is 0 Å². The Hall–Kier alpha value is -2.00. The van der Waals surface area contributed by atoms with Crippen molar-refractivity contribution in [2.24, 2.45) is 7.05 Å². The predicted octanol–water partition coefficient (Wildman–Crippen LogP) is 1.45. The molecule has 0 aromatic carbocycles. The number of hydrogen-bond donors (Lipinski definition) is 0. The van der Waals surface area contributed by atoms with E-state index in [9.17, 15) is 4.79 Å². The third kappa shape index (κ3) is 2.26. The largest absolute Gasteiger partial charge is 0.336 e. The molecule has 0 N–H and O–H groups in total. The van der Waals surface area contributed by atoms with Crippen molar-refractivity contribution in [1.82, 2.24) is 25.1 Å². The summed E-state index contributed by atoms with van der Waals surface area (Å²) < 4.78 is 4.04. The van der Waals surface area contributed by atoms with Crippen LogP contribution in [0.2, 0.25) is 0 Å². The summed E-state index contributed by atoms with van der Waals surface area (Å²) in [5, 5.41) is 13.6. The highest BCUT2D eigenvalue weighted by atomic mass is 32.1. The molecule has 1 fully saturated rings. The van der Waals surface area contributed by atoms with Crippen LogP contribution in [0.4, 0.5) is 5.95 Å². The number of piperazine rings is 1. The van der Waals surface area contributed by atoms with E-state index in [1.54, 1.807) is 27.4 Å². The fraction of sp³-hybridized carbons (Fsp3) is 0.385. The molecule has 1 aliphatic heterocycles. The first kappa shape index (κ1) is 13.6. The number of rotatable bonds is 2. The molecule has 1 aliphatic rings. The van der Waals surface area contributed by atoms with E-state index < -0.39 is 0 Å². The van der Waals surface area contributed by atoms with Crippen molar-refractivity contribution in [3.63, 3.8) is 0 Å². The highest BCUT2D eigenvalue weighted by Gasteiger charge is 2.25. The quantitative estimate of drug-likeness (QED) is 0.709. The first-order chi connectivity index (χ1) is 10.7. The number of thiophene rings is 2. The minimum atomic E-state index is 0.129. The Morgan fingerprint density at radius 2 is 2.05 bits per heavy atom. The van der Waals surface area contributed by atoms with Crippen LogP contribution in [0.15, 0.2) is 17.5 Å². The molecule has 0 spiro atoms. The number of fused-ring (bicyclic) bond motifs is 1. The second kappa shape index (κ2) is 5.33. The van der Waals surface area contributed by atoms with Crippen molar-refractivity contribution in [3.05, 3.63) is 22.4 Å². The lowest BCUT2D eigenvalue weighted by Crippen LogP contribution is -2.49. The zero-order valence-electron chi connectivity index (χ0n) is 12.0. The number of aromatic nitrogens is 4. The van der Waals surface area contributed by atoms with Gasteiger partial charge in [0.15, 0.2) is 0 Å². The lowest BCUT2D eigenvalue weighted by Gasteiger charge is -2.34. The average Bonchev–Trinajstić information content (AvgIpc) is 3.22. The monoisotopic (exact) mass is 334 g/mol. The Labute approximate surface area is 134 Å². The van der Waals surface area contributed by atoms with Gasteiger partial charge in [-0.05, 0) is 27.9 Å². The number of anilines is 1. The van der Waals surface area contributed by atoms with Crippen molar-refractivity contribution in [2.45, 2.75) is 0 Å². The van der Waals surface area contributed by atoms with E-state index in [0.717, 1.165) is 23.9 Å². The molecule has 1 amide bonds. The molecular formula is C13H14N6OS2. The lowest BCUT2D eigenvalue weighted by molar-refractivity contribution is 0.0751. The van der Waals surface area contributed by atoms with Crippen LogP contribution < -0.4 is 4.90 Å². The Bertz CT molecular complexity index is 785. The van der Waals surface area contributed by atoms with Crippen molar-refractivity contribution >= 4 is 43.9 Å². The summed E-state index contributed by atoms with van der Waals surface area (Å²) in [6, 6.07) is 4.08. The molecular weight excluding hydrogens is 320 g/mol. The third-order valence-electron chi connectivity index (χ3n) is 3.80. The van der Waals surface area contributed by atoms with Gasteiger partial charge in [-0.25, -0.2) is 4.68 Å². The van der Waals surface area contributed by atoms with E-state index in [2.05, 4.69) is 31.9 Å². The highest BCUT2D eigenvalue weighted by molar-refractivity contribution is 7.27. The van der Waals surface area contributed by atoms with Gasteiger partial charge in [-0.2, -0.15) is 0 Å². The van der Waals surface area contributed by atoms with E-state index >= 15 is 0 Å². The maximum absolute atomic E-state index is 12.6. The molecule has 4 rings (SSSR count). The molecule has 0 aliphatic carbocycles. The van der Waals surface area contributed by atoms with E-state index in [1.165, 1.54) is 9.40 Å². The number of hydrogen-bond acceptors (Lipinski definition) is 7. The molecule has 0 radical (unpaired) electrons. The number of carbonyl (C=O) groups excluding carboxylic acids is 1. The zero-order valence-corrected chi connectivity index (χ0v) is 13.6. The highest BCUT2D eigenvalue weighted by Crippen LogP contribution is 2.30. The van der Waals surface area contributed by atoms with Gasteiger partial charge < -0.3 is 9.80 Å². The Morgan fingerprint density at radius 3 is 2.73 bits per heavy atom. The maximum atomic E-state index is 12.6. The molecule has 3 aromatic rings. The van der Waals surface area contributed by atoms with Crippen LogP contribution in [0, 0.1) is 0 Å². The molecule has 1 saturated heterocycles. The van der Waals surface area contributed by atoms with Crippen LogP contribution in [0.3, 0.4) is 0 Å². The van der Waals surface area contributed by atoms with Crippen molar-refractivity contribution in [3.8, 4) is 0 Å². The number of tetrazole rings is 1. The lowest BCUT2D eigenvalue weighted by atomic mass is 10.3. The smallest absolute Gasteiger partial charge is 0.264 e. The Kier molecular flexibility index (Phi) is 3.30. The minimum absolute atomic E-state index is 0.129. The van der Waals surface area contributed by atoms with Crippen molar-refractivity contribution in [2.75, 3.05) is 31.1 Å². The van der Waals surface area contributed by atoms with Gasteiger partial charge in [-0.15, -0.1) is 22.7 Å². The van der Waals surface area contributed by atoms with Crippen LogP contribution >= 0.6 is 22.7 Å². The second-order valence-corrected chi connectivity index (χ2v) is 7.17. The molecule has 114 valence electrons. The van der Waals surface area contributed by atoms with E-state index in [-0.39, 0.29) is 5.91 Å². The molecule has 3 aromatic heterocycles. The normalized spacial score (nSPS) is 15.7. The summed E-state index contributed by atoms with van der Waals surface area (Å²) in [4.78, 5) is 17.5. The molecule has 9 heteroatoms. The van der Waals surface area contributed by atoms with E-state index in [4.69, 9.17) is 0 Å². The summed E-state index contributed by atoms with van der Waals surface area (Å²) in [6.45, 7) is 2.88. The molecule has 4 heterocycles. The van der Waals surface area contributed by atoms with Gasteiger partial charge in [-0.3, -0.25) is 4.79 Å². The summed E-state index contributed by atoms with van der Waals surface area (Å²) in [6.07, 6.45) is 0. The maximum Gasteiger partial charge on any atom is 0.264 e. The van der Waals surface area contributed by atoms with Crippen LogP contribution in [0.25, 0.3) is 9.40 Å². The second-order valence-electron chi connectivity index (χ2n) is 5.14. The minimum Gasteiger partial charge on any atom is -0.336 e. The van der Waals surface area contributed by atoms with Gasteiger partial charge in [0.2, 0.25) is 5.95 Å². The number of nitrogens with zero attached hydrogens (tertiary/aromatic N) is 6. The molecule has 22 heavy (non-hydrogen) atoms. The number of amides is 1. The van der Waals surface area contributed by atoms with Gasteiger partial charge in [0.05, 0.1) is 4.88 Å². The Balaban J connectivity index is 1.46. The van der Waals surface area contributed by atoms with Crippen LogP contribution in [-0.4, -0.2) is 57.2 Å². The molecule has 0 atom stereocenters. The zero-order chi connectivity index (χ0) is 15.1. The fourth-order valence-corrected chi connectivity index (χ4v) is 4.71. The van der Waals surface area contributed by atoms with E-state index in [0.29, 0.717) is 13.1 Å². The summed E-state index contributed by atoms with van der Waals surface area (Å²) in [5.74, 6) is 0.882. The van der Waals surface area contributed by atoms with E-state index in [1.807, 2.05) is 18.0 Å². The summed E-state index contributed by atoms with van der Waals surface area (Å²) in [5.41, 5.74) is 0. The van der Waals surface area contributed by atoms with Crippen molar-refractivity contribution < 1.29 is 4.79 Å². The first-order valence-corrected chi connectivity index (χ1v) is 8.65. The molecule has 0 unspecified atom stereocenters. The summed E-state index contributed by atoms with van der Waals surface area (Å²) in [7, 11) is 1.82. The van der Waals surface area contributed by atoms with Gasteiger partial charge in [0.25, 0.3) is 5.91 Å². The average molecular weight is 334 g/mol. The standard InChI is InChI=1S/C13H14N6OS2/c1-17-13(14-15-16-17)19-5-3-18(4-6-19)12(20)11-8-10-9(22-11)2-7-21-10/h2,7-8H,3-6H2,1H3.